The number of rotatable bonds is 5. The van der Waals surface area contributed by atoms with Gasteiger partial charge in [-0.1, -0.05) is 42.5 Å². The van der Waals surface area contributed by atoms with E-state index < -0.39 is 5.60 Å². The van der Waals surface area contributed by atoms with Crippen LogP contribution in [0.2, 0.25) is 0 Å². The average molecular weight is 313 g/mol. The summed E-state index contributed by atoms with van der Waals surface area (Å²) in [6.07, 6.45) is 5.51. The first-order valence-electron chi connectivity index (χ1n) is 7.86. The molecule has 0 atom stereocenters. The first kappa shape index (κ1) is 18.8. The molecule has 124 valence electrons. The van der Waals surface area contributed by atoms with Crippen molar-refractivity contribution in [2.75, 3.05) is 13.1 Å². The van der Waals surface area contributed by atoms with Gasteiger partial charge in [0.25, 0.3) is 0 Å². The highest BCUT2D eigenvalue weighted by atomic mass is 16.6. The lowest BCUT2D eigenvalue weighted by molar-refractivity contribution is 0.0292. The normalized spacial score (nSPS) is 11.0. The summed E-state index contributed by atoms with van der Waals surface area (Å²) in [6, 6.07) is 10.0. The monoisotopic (exact) mass is 313 g/mol. The van der Waals surface area contributed by atoms with Gasteiger partial charge in [-0.15, -0.1) is 5.73 Å². The second-order valence-electron chi connectivity index (χ2n) is 6.55. The Labute approximate surface area is 140 Å². The second-order valence-corrected chi connectivity index (χ2v) is 6.55. The van der Waals surface area contributed by atoms with Crippen LogP contribution in [0.1, 0.15) is 40.2 Å². The van der Waals surface area contributed by atoms with Gasteiger partial charge in [0.05, 0.1) is 0 Å². The predicted octanol–water partition coefficient (Wildman–Crippen LogP) is 5.06. The van der Waals surface area contributed by atoms with Crippen molar-refractivity contribution in [2.24, 2.45) is 0 Å². The van der Waals surface area contributed by atoms with Crippen LogP contribution in [0.15, 0.2) is 53.8 Å². The highest BCUT2D eigenvalue weighted by molar-refractivity contribution is 5.68. The van der Waals surface area contributed by atoms with E-state index in [9.17, 15) is 4.79 Å². The fourth-order valence-corrected chi connectivity index (χ4v) is 1.79. The standard InChI is InChI=1S/C20H27NO2/c1-17(2)11-9-15-21(19(22)23-20(3,4)5)16-10-14-18-12-7-6-8-13-18/h6-10,12-14H,15-16H2,1-5H3/b14-10+. The molecule has 0 fully saturated rings. The van der Waals surface area contributed by atoms with Gasteiger partial charge in [0.1, 0.15) is 5.60 Å². The minimum Gasteiger partial charge on any atom is -0.444 e. The van der Waals surface area contributed by atoms with Gasteiger partial charge in [0.15, 0.2) is 0 Å². The Morgan fingerprint density at radius 3 is 2.39 bits per heavy atom. The molecule has 3 nitrogen and oxygen atoms in total. The van der Waals surface area contributed by atoms with Crippen molar-refractivity contribution in [3.63, 3.8) is 0 Å². The van der Waals surface area contributed by atoms with Gasteiger partial charge in [-0.05, 0) is 51.8 Å². The molecule has 0 aliphatic heterocycles. The van der Waals surface area contributed by atoms with Crippen molar-refractivity contribution in [1.82, 2.24) is 4.90 Å². The Kier molecular flexibility index (Phi) is 7.37. The van der Waals surface area contributed by atoms with Gasteiger partial charge in [0.2, 0.25) is 0 Å². The molecule has 1 aromatic rings. The quantitative estimate of drug-likeness (QED) is 0.711. The Bertz CT molecular complexity index is 584. The summed E-state index contributed by atoms with van der Waals surface area (Å²) < 4.78 is 5.46. The van der Waals surface area contributed by atoms with E-state index in [0.29, 0.717) is 13.1 Å². The summed E-state index contributed by atoms with van der Waals surface area (Å²) in [5.74, 6) is 0. The summed E-state index contributed by atoms with van der Waals surface area (Å²) >= 11 is 0. The Morgan fingerprint density at radius 1 is 1.17 bits per heavy atom. The van der Waals surface area contributed by atoms with Crippen molar-refractivity contribution in [3.05, 3.63) is 59.4 Å². The molecule has 0 aliphatic rings. The molecule has 0 radical (unpaired) electrons. The van der Waals surface area contributed by atoms with Gasteiger partial charge in [-0.2, -0.15) is 0 Å². The van der Waals surface area contributed by atoms with E-state index in [1.54, 1.807) is 4.90 Å². The summed E-state index contributed by atoms with van der Waals surface area (Å²) in [5.41, 5.74) is 4.80. The lowest BCUT2D eigenvalue weighted by atomic mass is 10.2. The van der Waals surface area contributed by atoms with E-state index in [1.165, 1.54) is 0 Å². The molecule has 3 heteroatoms. The Hall–Kier alpha value is -2.25. The molecular weight excluding hydrogens is 286 g/mol. The molecule has 0 aliphatic carbocycles. The molecule has 23 heavy (non-hydrogen) atoms. The Morgan fingerprint density at radius 2 is 1.83 bits per heavy atom. The summed E-state index contributed by atoms with van der Waals surface area (Å²) in [5, 5.41) is 0. The van der Waals surface area contributed by atoms with E-state index in [0.717, 1.165) is 11.1 Å². The van der Waals surface area contributed by atoms with Crippen molar-refractivity contribution in [2.45, 2.75) is 40.2 Å². The smallest absolute Gasteiger partial charge is 0.410 e. The molecule has 0 N–H and O–H groups in total. The zero-order chi connectivity index (χ0) is 17.3. The van der Waals surface area contributed by atoms with Crippen LogP contribution in [0.3, 0.4) is 0 Å². The third-order valence-electron chi connectivity index (χ3n) is 2.79. The lowest BCUT2D eigenvalue weighted by Crippen LogP contribution is -2.37. The molecule has 0 unspecified atom stereocenters. The minimum atomic E-state index is -0.501. The molecule has 0 spiro atoms. The van der Waals surface area contributed by atoms with Crippen molar-refractivity contribution >= 4 is 12.2 Å². The number of hydrogen-bond donors (Lipinski definition) is 0. The number of carbonyl (C=O) groups is 1. The van der Waals surface area contributed by atoms with Crippen LogP contribution in [-0.2, 0) is 4.74 Å². The maximum Gasteiger partial charge on any atom is 0.410 e. The number of ether oxygens (including phenoxy) is 1. The van der Waals surface area contributed by atoms with E-state index in [4.69, 9.17) is 4.74 Å². The average Bonchev–Trinajstić information content (AvgIpc) is 2.44. The zero-order valence-electron chi connectivity index (χ0n) is 14.8. The first-order valence-corrected chi connectivity index (χ1v) is 7.86. The fourth-order valence-electron chi connectivity index (χ4n) is 1.79. The number of amides is 1. The van der Waals surface area contributed by atoms with Crippen molar-refractivity contribution in [3.8, 4) is 0 Å². The zero-order valence-corrected chi connectivity index (χ0v) is 14.8. The Balaban J connectivity index is 2.76. The lowest BCUT2D eigenvalue weighted by Gasteiger charge is -2.25. The summed E-state index contributed by atoms with van der Waals surface area (Å²) in [7, 11) is 0. The van der Waals surface area contributed by atoms with E-state index in [2.05, 4.69) is 5.73 Å². The van der Waals surface area contributed by atoms with Gasteiger partial charge in [0, 0.05) is 13.1 Å². The molecule has 1 rings (SSSR count). The first-order chi connectivity index (χ1) is 10.8. The van der Waals surface area contributed by atoms with Crippen LogP contribution < -0.4 is 0 Å². The van der Waals surface area contributed by atoms with Gasteiger partial charge >= 0.3 is 6.09 Å². The van der Waals surface area contributed by atoms with Crippen LogP contribution in [0.5, 0.6) is 0 Å². The molecule has 1 aromatic carbocycles. The maximum absolute atomic E-state index is 12.3. The van der Waals surface area contributed by atoms with E-state index in [1.807, 2.05) is 83.2 Å². The van der Waals surface area contributed by atoms with Crippen LogP contribution in [-0.4, -0.2) is 29.7 Å². The topological polar surface area (TPSA) is 29.5 Å². The third kappa shape index (κ3) is 8.70. The number of carbonyl (C=O) groups excluding carboxylic acids is 1. The molecule has 0 heterocycles. The van der Waals surface area contributed by atoms with Gasteiger partial charge in [-0.25, -0.2) is 4.79 Å². The largest absolute Gasteiger partial charge is 0.444 e. The predicted molar refractivity (Wildman–Crippen MR) is 96.2 cm³/mol. The molecule has 0 saturated heterocycles. The van der Waals surface area contributed by atoms with Crippen LogP contribution >= 0.6 is 0 Å². The minimum absolute atomic E-state index is 0.318. The third-order valence-corrected chi connectivity index (χ3v) is 2.79. The number of hydrogen-bond acceptors (Lipinski definition) is 2. The van der Waals surface area contributed by atoms with Crippen molar-refractivity contribution in [1.29, 1.82) is 0 Å². The van der Waals surface area contributed by atoms with Gasteiger partial charge in [-0.3, -0.25) is 0 Å². The molecule has 1 amide bonds. The fraction of sp³-hybridized carbons (Fsp3) is 0.400. The maximum atomic E-state index is 12.3. The summed E-state index contributed by atoms with van der Waals surface area (Å²) in [4.78, 5) is 13.9. The molecular formula is C20H27NO2. The van der Waals surface area contributed by atoms with Gasteiger partial charge < -0.3 is 9.64 Å². The van der Waals surface area contributed by atoms with E-state index in [-0.39, 0.29) is 6.09 Å². The van der Waals surface area contributed by atoms with Crippen LogP contribution in [0, 0.1) is 0 Å². The van der Waals surface area contributed by atoms with Crippen LogP contribution in [0.25, 0.3) is 6.08 Å². The second kappa shape index (κ2) is 9.02. The van der Waals surface area contributed by atoms with E-state index >= 15 is 0 Å². The number of benzene rings is 1. The highest BCUT2D eigenvalue weighted by Gasteiger charge is 2.20. The highest BCUT2D eigenvalue weighted by Crippen LogP contribution is 2.10. The van der Waals surface area contributed by atoms with Crippen LogP contribution in [0.4, 0.5) is 4.79 Å². The molecule has 0 aromatic heterocycles. The number of nitrogens with zero attached hydrogens (tertiary/aromatic N) is 1. The molecule has 0 bridgehead atoms. The molecule has 0 saturated carbocycles. The van der Waals surface area contributed by atoms with Crippen molar-refractivity contribution < 1.29 is 9.53 Å². The SMILES string of the molecule is CC(C)=C=CCN(C/C=C/c1ccccc1)C(=O)OC(C)(C)C. The summed E-state index contributed by atoms with van der Waals surface area (Å²) in [6.45, 7) is 10.5.